The Morgan fingerprint density at radius 2 is 1.93 bits per heavy atom. The molecule has 0 amide bonds. The monoisotopic (exact) mass is 481 g/mol. The zero-order valence-corrected chi connectivity index (χ0v) is 18.1. The van der Waals surface area contributed by atoms with Crippen LogP contribution in [-0.4, -0.2) is 48.1 Å². The van der Waals surface area contributed by atoms with Gasteiger partial charge in [-0.25, -0.2) is 4.98 Å². The first-order valence-corrected chi connectivity index (χ1v) is 9.53. The molecule has 1 saturated heterocycles. The SMILES string of the molecule is CN=C(NCc1coc(-c2ccccc2)n1)NC1CCN(C2CC2)CC1.I. The molecule has 4 rings (SSSR count). The number of benzene rings is 1. The van der Waals surface area contributed by atoms with Gasteiger partial charge in [0.05, 0.1) is 12.2 Å². The molecule has 0 atom stereocenters. The summed E-state index contributed by atoms with van der Waals surface area (Å²) >= 11 is 0. The summed E-state index contributed by atoms with van der Waals surface area (Å²) in [4.78, 5) is 11.5. The summed E-state index contributed by atoms with van der Waals surface area (Å²) in [6.07, 6.45) is 6.85. The molecular weight excluding hydrogens is 453 g/mol. The van der Waals surface area contributed by atoms with Gasteiger partial charge in [-0.1, -0.05) is 18.2 Å². The van der Waals surface area contributed by atoms with Crippen LogP contribution in [0, 0.1) is 0 Å². The molecule has 0 radical (unpaired) electrons. The Hall–Kier alpha value is -1.61. The van der Waals surface area contributed by atoms with Crippen LogP contribution >= 0.6 is 24.0 Å². The first kappa shape index (κ1) is 20.1. The van der Waals surface area contributed by atoms with Gasteiger partial charge in [0, 0.05) is 37.8 Å². The Morgan fingerprint density at radius 3 is 2.59 bits per heavy atom. The van der Waals surface area contributed by atoms with E-state index in [2.05, 4.69) is 25.5 Å². The molecule has 146 valence electrons. The van der Waals surface area contributed by atoms with Gasteiger partial charge in [-0.15, -0.1) is 24.0 Å². The maximum Gasteiger partial charge on any atom is 0.226 e. The molecule has 7 heteroatoms. The molecule has 27 heavy (non-hydrogen) atoms. The van der Waals surface area contributed by atoms with Gasteiger partial charge in [0.2, 0.25) is 5.89 Å². The summed E-state index contributed by atoms with van der Waals surface area (Å²) in [5.74, 6) is 1.48. The van der Waals surface area contributed by atoms with Crippen molar-refractivity contribution in [2.75, 3.05) is 20.1 Å². The highest BCUT2D eigenvalue weighted by Gasteiger charge is 2.31. The minimum Gasteiger partial charge on any atom is -0.444 e. The average Bonchev–Trinajstić information content (AvgIpc) is 3.44. The molecule has 2 heterocycles. The highest BCUT2D eigenvalue weighted by atomic mass is 127. The predicted molar refractivity (Wildman–Crippen MR) is 118 cm³/mol. The number of piperidine rings is 1. The smallest absolute Gasteiger partial charge is 0.226 e. The van der Waals surface area contributed by atoms with E-state index < -0.39 is 0 Å². The third kappa shape index (κ3) is 5.44. The quantitative estimate of drug-likeness (QED) is 0.390. The number of oxazole rings is 1. The van der Waals surface area contributed by atoms with Gasteiger partial charge in [0.25, 0.3) is 0 Å². The Kier molecular flexibility index (Phi) is 7.12. The van der Waals surface area contributed by atoms with Gasteiger partial charge < -0.3 is 20.0 Å². The maximum absolute atomic E-state index is 5.59. The zero-order chi connectivity index (χ0) is 17.8. The van der Waals surface area contributed by atoms with E-state index in [1.807, 2.05) is 37.4 Å². The number of aromatic nitrogens is 1. The lowest BCUT2D eigenvalue weighted by Crippen LogP contribution is -2.48. The van der Waals surface area contributed by atoms with Crippen LogP contribution in [0.1, 0.15) is 31.4 Å². The molecule has 1 saturated carbocycles. The van der Waals surface area contributed by atoms with Crippen molar-refractivity contribution in [3.8, 4) is 11.5 Å². The van der Waals surface area contributed by atoms with Crippen LogP contribution in [0.3, 0.4) is 0 Å². The second-order valence-electron chi connectivity index (χ2n) is 7.12. The minimum absolute atomic E-state index is 0. The van der Waals surface area contributed by atoms with Crippen molar-refractivity contribution in [2.24, 2.45) is 4.99 Å². The maximum atomic E-state index is 5.59. The molecule has 0 bridgehead atoms. The van der Waals surface area contributed by atoms with Gasteiger partial charge in [-0.2, -0.15) is 0 Å². The van der Waals surface area contributed by atoms with Crippen LogP contribution < -0.4 is 10.6 Å². The van der Waals surface area contributed by atoms with Crippen molar-refractivity contribution < 1.29 is 4.42 Å². The molecule has 2 fully saturated rings. The van der Waals surface area contributed by atoms with E-state index in [0.717, 1.165) is 23.3 Å². The lowest BCUT2D eigenvalue weighted by atomic mass is 10.1. The van der Waals surface area contributed by atoms with Crippen LogP contribution in [0.15, 0.2) is 46.0 Å². The van der Waals surface area contributed by atoms with E-state index in [1.165, 1.54) is 38.8 Å². The number of nitrogens with zero attached hydrogens (tertiary/aromatic N) is 3. The molecule has 2 aliphatic rings. The summed E-state index contributed by atoms with van der Waals surface area (Å²) < 4.78 is 5.59. The summed E-state index contributed by atoms with van der Waals surface area (Å²) in [6.45, 7) is 2.99. The second kappa shape index (κ2) is 9.54. The van der Waals surface area contributed by atoms with E-state index in [1.54, 1.807) is 6.26 Å². The molecular formula is C20H28IN5O. The largest absolute Gasteiger partial charge is 0.444 e. The summed E-state index contributed by atoms with van der Waals surface area (Å²) in [7, 11) is 1.81. The van der Waals surface area contributed by atoms with Crippen LogP contribution in [0.5, 0.6) is 0 Å². The number of guanidine groups is 1. The third-order valence-corrected chi connectivity index (χ3v) is 5.17. The number of hydrogen-bond acceptors (Lipinski definition) is 4. The van der Waals surface area contributed by atoms with Crippen molar-refractivity contribution >= 4 is 29.9 Å². The first-order valence-electron chi connectivity index (χ1n) is 9.53. The van der Waals surface area contributed by atoms with E-state index >= 15 is 0 Å². The number of rotatable bonds is 5. The second-order valence-corrected chi connectivity index (χ2v) is 7.12. The third-order valence-electron chi connectivity index (χ3n) is 5.17. The summed E-state index contributed by atoms with van der Waals surface area (Å²) in [5.41, 5.74) is 1.86. The molecule has 0 unspecified atom stereocenters. The first-order chi connectivity index (χ1) is 12.8. The Balaban J connectivity index is 0.00000210. The fraction of sp³-hybridized carbons (Fsp3) is 0.500. The van der Waals surface area contributed by atoms with Gasteiger partial charge in [-0.3, -0.25) is 4.99 Å². The van der Waals surface area contributed by atoms with E-state index in [0.29, 0.717) is 18.5 Å². The van der Waals surface area contributed by atoms with Crippen molar-refractivity contribution in [3.05, 3.63) is 42.3 Å². The molecule has 1 aromatic heterocycles. The zero-order valence-electron chi connectivity index (χ0n) is 15.7. The molecule has 1 aromatic carbocycles. The number of likely N-dealkylation sites (tertiary alicyclic amines) is 1. The average molecular weight is 481 g/mol. The Bertz CT molecular complexity index is 736. The minimum atomic E-state index is 0. The van der Waals surface area contributed by atoms with Crippen LogP contribution in [0.2, 0.25) is 0 Å². The molecule has 1 aliphatic carbocycles. The number of halogens is 1. The lowest BCUT2D eigenvalue weighted by Gasteiger charge is -2.33. The van der Waals surface area contributed by atoms with E-state index in [-0.39, 0.29) is 24.0 Å². The number of aliphatic imine (C=N–C) groups is 1. The lowest BCUT2D eigenvalue weighted by molar-refractivity contribution is 0.197. The molecule has 0 spiro atoms. The number of hydrogen-bond donors (Lipinski definition) is 2. The van der Waals surface area contributed by atoms with E-state index in [4.69, 9.17) is 4.42 Å². The van der Waals surface area contributed by atoms with Crippen molar-refractivity contribution in [1.29, 1.82) is 0 Å². The van der Waals surface area contributed by atoms with Crippen LogP contribution in [0.4, 0.5) is 0 Å². The van der Waals surface area contributed by atoms with Crippen LogP contribution in [0.25, 0.3) is 11.5 Å². The molecule has 2 aromatic rings. The Labute approximate surface area is 177 Å². The van der Waals surface area contributed by atoms with E-state index in [9.17, 15) is 0 Å². The standard InChI is InChI=1S/C20H27N5O.HI/c1-21-20(24-16-9-11-25(12-10-16)18-7-8-18)22-13-17-14-26-19(23-17)15-5-3-2-4-6-15;/h2-6,14,16,18H,7-13H2,1H3,(H2,21,22,24);1H. The van der Waals surface area contributed by atoms with Crippen molar-refractivity contribution in [3.63, 3.8) is 0 Å². The van der Waals surface area contributed by atoms with Crippen LogP contribution in [-0.2, 0) is 6.54 Å². The van der Waals surface area contributed by atoms with Gasteiger partial charge in [0.1, 0.15) is 6.26 Å². The summed E-state index contributed by atoms with van der Waals surface area (Å²) in [6, 6.07) is 11.3. The highest BCUT2D eigenvalue weighted by molar-refractivity contribution is 14.0. The highest BCUT2D eigenvalue weighted by Crippen LogP contribution is 2.29. The normalized spacial score (nSPS) is 18.8. The van der Waals surface area contributed by atoms with Gasteiger partial charge in [-0.05, 0) is 37.8 Å². The van der Waals surface area contributed by atoms with Gasteiger partial charge >= 0.3 is 0 Å². The van der Waals surface area contributed by atoms with Crippen molar-refractivity contribution in [2.45, 2.75) is 44.3 Å². The molecule has 1 aliphatic heterocycles. The predicted octanol–water partition coefficient (Wildman–Crippen LogP) is 3.25. The Morgan fingerprint density at radius 1 is 1.19 bits per heavy atom. The molecule has 6 nitrogen and oxygen atoms in total. The van der Waals surface area contributed by atoms with Crippen molar-refractivity contribution in [1.82, 2.24) is 20.5 Å². The topological polar surface area (TPSA) is 65.7 Å². The fourth-order valence-corrected chi connectivity index (χ4v) is 3.51. The van der Waals surface area contributed by atoms with Gasteiger partial charge in [0.15, 0.2) is 5.96 Å². The summed E-state index contributed by atoms with van der Waals surface area (Å²) in [5, 5.41) is 6.89. The number of nitrogens with one attached hydrogen (secondary N) is 2. The molecule has 2 N–H and O–H groups in total. The fourth-order valence-electron chi connectivity index (χ4n) is 3.51.